The van der Waals surface area contributed by atoms with Gasteiger partial charge in [0.15, 0.2) is 5.96 Å². The Balaban J connectivity index is 1.67. The van der Waals surface area contributed by atoms with Gasteiger partial charge in [0.05, 0.1) is 13.1 Å². The van der Waals surface area contributed by atoms with Gasteiger partial charge in [-0.05, 0) is 69.8 Å². The number of ether oxygens (including phenoxy) is 1. The van der Waals surface area contributed by atoms with Crippen LogP contribution in [0.5, 0.6) is 5.75 Å². The molecule has 1 atom stereocenters. The van der Waals surface area contributed by atoms with Crippen LogP contribution in [-0.2, 0) is 0 Å². The standard InChI is InChI=1S/C22H35F3N4O2/c1-3-26-21(28-14-19(30)15-31-20-6-4-5-17(2)13-20)27-10-7-18-8-11-29(12-9-18)16-22(23,24)25/h4-6,13,18-19,30H,3,7-12,14-16H2,1-2H3,(H2,26,27,28). The molecule has 0 bridgehead atoms. The van der Waals surface area contributed by atoms with Crippen molar-refractivity contribution in [3.8, 4) is 5.75 Å². The Morgan fingerprint density at radius 1 is 1.29 bits per heavy atom. The second-order valence-electron chi connectivity index (χ2n) is 8.05. The number of likely N-dealkylation sites (tertiary alicyclic amines) is 1. The highest BCUT2D eigenvalue weighted by Crippen LogP contribution is 2.24. The lowest BCUT2D eigenvalue weighted by Crippen LogP contribution is -2.42. The minimum atomic E-state index is -4.12. The zero-order valence-corrected chi connectivity index (χ0v) is 18.4. The number of aliphatic hydroxyl groups is 1. The molecule has 31 heavy (non-hydrogen) atoms. The Kier molecular flexibility index (Phi) is 10.4. The molecular weight excluding hydrogens is 409 g/mol. The maximum absolute atomic E-state index is 12.5. The Hall–Kier alpha value is -2.00. The first kappa shape index (κ1) is 25.3. The quantitative estimate of drug-likeness (QED) is 0.382. The van der Waals surface area contributed by atoms with Gasteiger partial charge in [-0.2, -0.15) is 13.2 Å². The number of piperidine rings is 1. The summed E-state index contributed by atoms with van der Waals surface area (Å²) in [6, 6.07) is 7.65. The van der Waals surface area contributed by atoms with Gasteiger partial charge < -0.3 is 20.5 Å². The number of guanidine groups is 1. The van der Waals surface area contributed by atoms with Crippen LogP contribution in [0.1, 0.15) is 31.7 Å². The first-order valence-corrected chi connectivity index (χ1v) is 10.9. The van der Waals surface area contributed by atoms with Crippen molar-refractivity contribution in [2.24, 2.45) is 10.9 Å². The predicted molar refractivity (Wildman–Crippen MR) is 116 cm³/mol. The van der Waals surface area contributed by atoms with Gasteiger partial charge >= 0.3 is 6.18 Å². The summed E-state index contributed by atoms with van der Waals surface area (Å²) >= 11 is 0. The van der Waals surface area contributed by atoms with E-state index >= 15 is 0 Å². The molecule has 0 amide bonds. The van der Waals surface area contributed by atoms with Crippen molar-refractivity contribution in [3.05, 3.63) is 29.8 Å². The normalized spacial score (nSPS) is 17.4. The minimum Gasteiger partial charge on any atom is -0.491 e. The molecule has 1 aromatic rings. The van der Waals surface area contributed by atoms with Gasteiger partial charge in [-0.1, -0.05) is 12.1 Å². The van der Waals surface area contributed by atoms with Crippen molar-refractivity contribution in [1.29, 1.82) is 0 Å². The van der Waals surface area contributed by atoms with Crippen LogP contribution in [0.15, 0.2) is 29.3 Å². The SMILES string of the molecule is CCNC(=NCC(O)COc1cccc(C)c1)NCCC1CCN(CC(F)(F)F)CC1. The second-order valence-corrected chi connectivity index (χ2v) is 8.05. The number of aryl methyl sites for hydroxylation is 1. The van der Waals surface area contributed by atoms with E-state index < -0.39 is 18.8 Å². The van der Waals surface area contributed by atoms with E-state index in [1.54, 1.807) is 0 Å². The number of aliphatic hydroxyl groups excluding tert-OH is 1. The van der Waals surface area contributed by atoms with Gasteiger partial charge in [-0.25, -0.2) is 0 Å². The summed E-state index contributed by atoms with van der Waals surface area (Å²) in [4.78, 5) is 5.89. The van der Waals surface area contributed by atoms with Crippen LogP contribution in [0.25, 0.3) is 0 Å². The van der Waals surface area contributed by atoms with Crippen LogP contribution in [0.2, 0.25) is 0 Å². The van der Waals surface area contributed by atoms with Crippen LogP contribution in [0.3, 0.4) is 0 Å². The molecule has 1 fully saturated rings. The molecule has 1 heterocycles. The molecule has 1 aromatic carbocycles. The van der Waals surface area contributed by atoms with Crippen LogP contribution in [0.4, 0.5) is 13.2 Å². The summed E-state index contributed by atoms with van der Waals surface area (Å²) in [5.74, 6) is 1.74. The average Bonchev–Trinajstić information content (AvgIpc) is 2.71. The van der Waals surface area contributed by atoms with Gasteiger partial charge in [0.1, 0.15) is 18.5 Å². The number of nitrogens with zero attached hydrogens (tertiary/aromatic N) is 2. The lowest BCUT2D eigenvalue weighted by Gasteiger charge is -2.32. The molecule has 2 rings (SSSR count). The molecule has 1 unspecified atom stereocenters. The summed E-state index contributed by atoms with van der Waals surface area (Å²) in [6.07, 6.45) is -2.42. The molecule has 1 aliphatic heterocycles. The van der Waals surface area contributed by atoms with Crippen LogP contribution < -0.4 is 15.4 Å². The van der Waals surface area contributed by atoms with Crippen molar-refractivity contribution >= 4 is 5.96 Å². The Labute approximate surface area is 182 Å². The number of rotatable bonds is 10. The van der Waals surface area contributed by atoms with Crippen LogP contribution in [0, 0.1) is 12.8 Å². The maximum atomic E-state index is 12.5. The van der Waals surface area contributed by atoms with E-state index in [-0.39, 0.29) is 13.2 Å². The fourth-order valence-electron chi connectivity index (χ4n) is 3.57. The zero-order valence-electron chi connectivity index (χ0n) is 18.4. The molecule has 6 nitrogen and oxygen atoms in total. The molecule has 0 aliphatic carbocycles. The Morgan fingerprint density at radius 3 is 2.68 bits per heavy atom. The molecule has 0 saturated carbocycles. The molecule has 9 heteroatoms. The lowest BCUT2D eigenvalue weighted by atomic mass is 9.93. The average molecular weight is 445 g/mol. The van der Waals surface area contributed by atoms with Crippen molar-refractivity contribution in [2.75, 3.05) is 45.9 Å². The number of hydrogen-bond donors (Lipinski definition) is 3. The van der Waals surface area contributed by atoms with Crippen molar-refractivity contribution in [1.82, 2.24) is 15.5 Å². The van der Waals surface area contributed by atoms with Gasteiger partial charge in [-0.15, -0.1) is 0 Å². The van der Waals surface area contributed by atoms with Gasteiger partial charge in [-0.3, -0.25) is 9.89 Å². The molecule has 0 radical (unpaired) electrons. The number of nitrogens with one attached hydrogen (secondary N) is 2. The highest BCUT2D eigenvalue weighted by atomic mass is 19.4. The summed E-state index contributed by atoms with van der Waals surface area (Å²) in [6.45, 7) is 5.85. The van der Waals surface area contributed by atoms with Gasteiger partial charge in [0.25, 0.3) is 0 Å². The van der Waals surface area contributed by atoms with Crippen molar-refractivity contribution < 1.29 is 23.0 Å². The highest BCUT2D eigenvalue weighted by molar-refractivity contribution is 5.79. The molecule has 3 N–H and O–H groups in total. The number of aliphatic imine (C=N–C) groups is 1. The van der Waals surface area contributed by atoms with Crippen molar-refractivity contribution in [3.63, 3.8) is 0 Å². The predicted octanol–water partition coefficient (Wildman–Crippen LogP) is 2.95. The maximum Gasteiger partial charge on any atom is 0.401 e. The smallest absolute Gasteiger partial charge is 0.401 e. The number of hydrogen-bond acceptors (Lipinski definition) is 4. The van der Waals surface area contributed by atoms with E-state index in [9.17, 15) is 18.3 Å². The van der Waals surface area contributed by atoms with Crippen molar-refractivity contribution in [2.45, 2.75) is 45.4 Å². The Morgan fingerprint density at radius 2 is 2.03 bits per heavy atom. The molecule has 1 saturated heterocycles. The summed E-state index contributed by atoms with van der Waals surface area (Å²) in [5.41, 5.74) is 1.09. The zero-order chi connectivity index (χ0) is 22.7. The third-order valence-corrected chi connectivity index (χ3v) is 5.19. The minimum absolute atomic E-state index is 0.156. The third-order valence-electron chi connectivity index (χ3n) is 5.19. The van der Waals surface area contributed by atoms with Gasteiger partial charge in [0, 0.05) is 13.1 Å². The molecule has 0 aromatic heterocycles. The fraction of sp³-hybridized carbons (Fsp3) is 0.682. The lowest BCUT2D eigenvalue weighted by molar-refractivity contribution is -0.148. The molecule has 1 aliphatic rings. The van der Waals surface area contributed by atoms with Crippen LogP contribution >= 0.6 is 0 Å². The second kappa shape index (κ2) is 12.8. The first-order valence-electron chi connectivity index (χ1n) is 10.9. The monoisotopic (exact) mass is 444 g/mol. The number of alkyl halides is 3. The largest absolute Gasteiger partial charge is 0.491 e. The third kappa shape index (κ3) is 10.7. The van der Waals surface area contributed by atoms with E-state index in [1.807, 2.05) is 38.1 Å². The first-order chi connectivity index (χ1) is 14.7. The summed E-state index contributed by atoms with van der Waals surface area (Å²) in [7, 11) is 0. The van der Waals surface area contributed by atoms with E-state index in [0.29, 0.717) is 43.8 Å². The van der Waals surface area contributed by atoms with E-state index in [1.165, 1.54) is 4.90 Å². The van der Waals surface area contributed by atoms with E-state index in [4.69, 9.17) is 4.74 Å². The van der Waals surface area contributed by atoms with E-state index in [0.717, 1.165) is 24.8 Å². The molecule has 0 spiro atoms. The Bertz CT molecular complexity index is 677. The fourth-order valence-corrected chi connectivity index (χ4v) is 3.57. The number of halogens is 3. The van der Waals surface area contributed by atoms with E-state index in [2.05, 4.69) is 15.6 Å². The summed E-state index contributed by atoms with van der Waals surface area (Å²) < 4.78 is 43.1. The van der Waals surface area contributed by atoms with Crippen LogP contribution in [-0.4, -0.2) is 74.1 Å². The summed E-state index contributed by atoms with van der Waals surface area (Å²) in [5, 5.41) is 16.6. The molecular formula is C22H35F3N4O2. The highest BCUT2D eigenvalue weighted by Gasteiger charge is 2.32. The van der Waals surface area contributed by atoms with Gasteiger partial charge in [0.2, 0.25) is 0 Å². The topological polar surface area (TPSA) is 69.1 Å². The molecule has 176 valence electrons. The number of benzene rings is 1.